The molecule has 0 atom stereocenters. The molecule has 1 aliphatic rings. The summed E-state index contributed by atoms with van der Waals surface area (Å²) in [5.41, 5.74) is 2.29. The molecule has 2 N–H and O–H groups in total. The van der Waals surface area contributed by atoms with Gasteiger partial charge in [-0.3, -0.25) is 9.89 Å². The predicted molar refractivity (Wildman–Crippen MR) is 69.1 cm³/mol. The van der Waals surface area contributed by atoms with Crippen molar-refractivity contribution in [3.63, 3.8) is 0 Å². The number of aromatic amines is 1. The van der Waals surface area contributed by atoms with Crippen molar-refractivity contribution >= 4 is 11.7 Å². The standard InChI is InChI=1S/C13H16N4O2/c1-3-9-7(2)12(16-15-9)14-13(18)10-6-11(19-17-10)8-4-5-8/h6,8H,3-5H2,1-2H3,(H2,14,15,16,18). The molecule has 19 heavy (non-hydrogen) atoms. The van der Waals surface area contributed by atoms with Crippen LogP contribution in [0.4, 0.5) is 5.82 Å². The first-order valence-electron chi connectivity index (χ1n) is 6.50. The van der Waals surface area contributed by atoms with E-state index in [4.69, 9.17) is 4.52 Å². The van der Waals surface area contributed by atoms with E-state index in [2.05, 4.69) is 20.7 Å². The molecule has 6 heteroatoms. The van der Waals surface area contributed by atoms with Crippen molar-refractivity contribution in [1.29, 1.82) is 0 Å². The Bertz CT molecular complexity index is 610. The van der Waals surface area contributed by atoms with E-state index in [1.54, 1.807) is 6.07 Å². The molecule has 0 unspecified atom stereocenters. The number of anilines is 1. The fourth-order valence-electron chi connectivity index (χ4n) is 2.03. The fraction of sp³-hybridized carbons (Fsp3) is 0.462. The van der Waals surface area contributed by atoms with Gasteiger partial charge in [0, 0.05) is 23.2 Å². The highest BCUT2D eigenvalue weighted by Gasteiger charge is 2.29. The van der Waals surface area contributed by atoms with Gasteiger partial charge in [-0.05, 0) is 26.2 Å². The van der Waals surface area contributed by atoms with E-state index in [9.17, 15) is 4.79 Å². The van der Waals surface area contributed by atoms with Crippen LogP contribution in [0.5, 0.6) is 0 Å². The maximum absolute atomic E-state index is 12.0. The molecule has 100 valence electrons. The van der Waals surface area contributed by atoms with Crippen molar-refractivity contribution < 1.29 is 9.32 Å². The molecule has 2 heterocycles. The van der Waals surface area contributed by atoms with Gasteiger partial charge < -0.3 is 9.84 Å². The highest BCUT2D eigenvalue weighted by atomic mass is 16.5. The Morgan fingerprint density at radius 3 is 3.00 bits per heavy atom. The number of carbonyl (C=O) groups excluding carboxylic acids is 1. The van der Waals surface area contributed by atoms with Crippen LogP contribution < -0.4 is 5.32 Å². The van der Waals surface area contributed by atoms with Gasteiger partial charge in [0.05, 0.1) is 0 Å². The lowest BCUT2D eigenvalue weighted by Gasteiger charge is -1.99. The van der Waals surface area contributed by atoms with Crippen LogP contribution in [0, 0.1) is 6.92 Å². The topological polar surface area (TPSA) is 83.8 Å². The third-order valence-electron chi connectivity index (χ3n) is 3.44. The lowest BCUT2D eigenvalue weighted by molar-refractivity contribution is 0.101. The van der Waals surface area contributed by atoms with Gasteiger partial charge in [-0.25, -0.2) is 0 Å². The third-order valence-corrected chi connectivity index (χ3v) is 3.44. The summed E-state index contributed by atoms with van der Waals surface area (Å²) in [5.74, 6) is 1.52. The number of H-pyrrole nitrogens is 1. The normalized spacial score (nSPS) is 14.6. The van der Waals surface area contributed by atoms with E-state index in [0.717, 1.165) is 36.3 Å². The van der Waals surface area contributed by atoms with Crippen LogP contribution in [0.1, 0.15) is 53.2 Å². The van der Waals surface area contributed by atoms with E-state index in [1.807, 2.05) is 13.8 Å². The molecule has 0 saturated heterocycles. The molecule has 3 rings (SSSR count). The number of hydrogen-bond acceptors (Lipinski definition) is 4. The van der Waals surface area contributed by atoms with E-state index < -0.39 is 0 Å². The molecule has 1 saturated carbocycles. The molecule has 6 nitrogen and oxygen atoms in total. The quantitative estimate of drug-likeness (QED) is 0.884. The summed E-state index contributed by atoms with van der Waals surface area (Å²) in [5, 5.41) is 13.6. The number of nitrogens with one attached hydrogen (secondary N) is 2. The molecule has 0 aliphatic heterocycles. The van der Waals surface area contributed by atoms with E-state index in [1.165, 1.54) is 0 Å². The maximum Gasteiger partial charge on any atom is 0.279 e. The van der Waals surface area contributed by atoms with Crippen LogP contribution in [0.15, 0.2) is 10.6 Å². The van der Waals surface area contributed by atoms with Crippen molar-refractivity contribution in [3.8, 4) is 0 Å². The molecule has 0 aromatic carbocycles. The molecule has 0 radical (unpaired) electrons. The van der Waals surface area contributed by atoms with Crippen LogP contribution in [0.2, 0.25) is 0 Å². The van der Waals surface area contributed by atoms with Crippen LogP contribution in [0.25, 0.3) is 0 Å². The summed E-state index contributed by atoms with van der Waals surface area (Å²) in [7, 11) is 0. The number of aromatic nitrogens is 3. The summed E-state index contributed by atoms with van der Waals surface area (Å²) < 4.78 is 5.16. The van der Waals surface area contributed by atoms with Crippen molar-refractivity contribution in [3.05, 3.63) is 28.8 Å². The number of hydrogen-bond donors (Lipinski definition) is 2. The van der Waals surface area contributed by atoms with Crippen LogP contribution in [0.3, 0.4) is 0 Å². The van der Waals surface area contributed by atoms with Crippen molar-refractivity contribution in [2.45, 2.75) is 39.0 Å². The van der Waals surface area contributed by atoms with E-state index in [0.29, 0.717) is 17.4 Å². The van der Waals surface area contributed by atoms with Crippen molar-refractivity contribution in [1.82, 2.24) is 15.4 Å². The molecule has 2 aromatic heterocycles. The molecule has 0 bridgehead atoms. The Balaban J connectivity index is 1.74. The highest BCUT2D eigenvalue weighted by molar-refractivity contribution is 6.02. The summed E-state index contributed by atoms with van der Waals surface area (Å²) in [4.78, 5) is 12.0. The van der Waals surface area contributed by atoms with Gasteiger partial charge in [0.25, 0.3) is 5.91 Å². The summed E-state index contributed by atoms with van der Waals surface area (Å²) in [6.45, 7) is 3.96. The molecule has 0 spiro atoms. The Kier molecular flexibility index (Phi) is 2.85. The smallest absolute Gasteiger partial charge is 0.279 e. The second-order valence-electron chi connectivity index (χ2n) is 4.87. The van der Waals surface area contributed by atoms with E-state index >= 15 is 0 Å². The summed E-state index contributed by atoms with van der Waals surface area (Å²) in [6, 6.07) is 1.72. The van der Waals surface area contributed by atoms with Crippen LogP contribution >= 0.6 is 0 Å². The van der Waals surface area contributed by atoms with E-state index in [-0.39, 0.29) is 5.91 Å². The fourth-order valence-corrected chi connectivity index (χ4v) is 2.03. The molecular formula is C13H16N4O2. The Labute approximate surface area is 110 Å². The second kappa shape index (κ2) is 4.53. The Morgan fingerprint density at radius 2 is 2.37 bits per heavy atom. The summed E-state index contributed by atoms with van der Waals surface area (Å²) >= 11 is 0. The number of carbonyl (C=O) groups is 1. The van der Waals surface area contributed by atoms with Gasteiger partial charge in [-0.15, -0.1) is 0 Å². The molecule has 2 aromatic rings. The highest BCUT2D eigenvalue weighted by Crippen LogP contribution is 2.40. The zero-order valence-corrected chi connectivity index (χ0v) is 11.0. The Morgan fingerprint density at radius 1 is 1.58 bits per heavy atom. The van der Waals surface area contributed by atoms with Gasteiger partial charge in [0.15, 0.2) is 11.5 Å². The monoisotopic (exact) mass is 260 g/mol. The summed E-state index contributed by atoms with van der Waals surface area (Å²) in [6.07, 6.45) is 3.09. The second-order valence-corrected chi connectivity index (χ2v) is 4.87. The molecule has 1 aliphatic carbocycles. The zero-order chi connectivity index (χ0) is 13.4. The minimum atomic E-state index is -0.284. The zero-order valence-electron chi connectivity index (χ0n) is 11.0. The predicted octanol–water partition coefficient (Wildman–Crippen LogP) is 2.40. The first-order chi connectivity index (χ1) is 9.19. The molecule has 1 fully saturated rings. The maximum atomic E-state index is 12.0. The number of nitrogens with zero attached hydrogens (tertiary/aromatic N) is 2. The van der Waals surface area contributed by atoms with Gasteiger partial charge in [-0.1, -0.05) is 12.1 Å². The molecule has 1 amide bonds. The minimum absolute atomic E-state index is 0.284. The third kappa shape index (κ3) is 2.25. The van der Waals surface area contributed by atoms with Gasteiger partial charge in [0.1, 0.15) is 5.76 Å². The average Bonchev–Trinajstić information content (AvgIpc) is 3.04. The van der Waals surface area contributed by atoms with Crippen molar-refractivity contribution in [2.24, 2.45) is 0 Å². The molecular weight excluding hydrogens is 244 g/mol. The van der Waals surface area contributed by atoms with Crippen LogP contribution in [-0.4, -0.2) is 21.3 Å². The lowest BCUT2D eigenvalue weighted by atomic mass is 10.2. The number of amides is 1. The van der Waals surface area contributed by atoms with Crippen LogP contribution in [-0.2, 0) is 6.42 Å². The van der Waals surface area contributed by atoms with Gasteiger partial charge >= 0.3 is 0 Å². The number of rotatable bonds is 4. The average molecular weight is 260 g/mol. The number of aryl methyl sites for hydroxylation is 1. The first kappa shape index (κ1) is 12.0. The van der Waals surface area contributed by atoms with Gasteiger partial charge in [-0.2, -0.15) is 5.10 Å². The largest absolute Gasteiger partial charge is 0.360 e. The SMILES string of the molecule is CCc1[nH]nc(NC(=O)c2cc(C3CC3)on2)c1C. The lowest BCUT2D eigenvalue weighted by Crippen LogP contribution is -2.13. The van der Waals surface area contributed by atoms with Gasteiger partial charge in [0.2, 0.25) is 0 Å². The minimum Gasteiger partial charge on any atom is -0.360 e. The van der Waals surface area contributed by atoms with Crippen molar-refractivity contribution in [2.75, 3.05) is 5.32 Å². The Hall–Kier alpha value is -2.11. The first-order valence-corrected chi connectivity index (χ1v) is 6.50.